The van der Waals surface area contributed by atoms with Crippen LogP contribution in [-0.4, -0.2) is 40.6 Å². The molecule has 3 aromatic rings. The molecule has 8 heteroatoms. The highest BCUT2D eigenvalue weighted by atomic mass is 32.2. The Bertz CT molecular complexity index is 1160. The third-order valence-electron chi connectivity index (χ3n) is 5.70. The Morgan fingerprint density at radius 2 is 1.97 bits per heavy atom. The average Bonchev–Trinajstić information content (AvgIpc) is 3.15. The number of hydrogen-bond acceptors (Lipinski definition) is 4. The third-order valence-corrected chi connectivity index (χ3v) is 7.67. The Labute approximate surface area is 176 Å². The van der Waals surface area contributed by atoms with E-state index >= 15 is 0 Å². The fourth-order valence-electron chi connectivity index (χ4n) is 4.04. The molecule has 1 atom stereocenters. The summed E-state index contributed by atoms with van der Waals surface area (Å²) in [6, 6.07) is 12.1. The molecule has 0 unspecified atom stereocenters. The summed E-state index contributed by atoms with van der Waals surface area (Å²) in [7, 11) is -3.63. The summed E-state index contributed by atoms with van der Waals surface area (Å²) in [6.07, 6.45) is 3.03. The minimum Gasteiger partial charge on any atom is -0.269 e. The zero-order valence-electron chi connectivity index (χ0n) is 17.1. The van der Waals surface area contributed by atoms with E-state index in [4.69, 9.17) is 0 Å². The highest BCUT2D eigenvalue weighted by molar-refractivity contribution is 7.89. The molecule has 0 saturated carbocycles. The SMILES string of the molecule is CCn1ncc(S(=O)(=O)N2CCC[C@@H](c3cccc(-c4ccccc4F)n3)C2)c1C. The number of pyridine rings is 1. The van der Waals surface area contributed by atoms with E-state index in [0.717, 1.165) is 18.5 Å². The Balaban J connectivity index is 1.61. The topological polar surface area (TPSA) is 68.1 Å². The van der Waals surface area contributed by atoms with Crippen LogP contribution in [0.2, 0.25) is 0 Å². The van der Waals surface area contributed by atoms with Crippen molar-refractivity contribution in [2.75, 3.05) is 13.1 Å². The first kappa shape index (κ1) is 20.7. The average molecular weight is 429 g/mol. The second kappa shape index (κ2) is 8.28. The maximum Gasteiger partial charge on any atom is 0.246 e. The van der Waals surface area contributed by atoms with Crippen molar-refractivity contribution < 1.29 is 12.8 Å². The maximum atomic E-state index is 14.2. The standard InChI is InChI=1S/C22H25FN4O2S/c1-3-27-16(2)22(14-24-27)30(28,29)26-13-7-8-17(15-26)20-11-6-12-21(25-20)18-9-4-5-10-19(18)23/h4-6,9-12,14,17H,3,7-8,13,15H2,1-2H3/t17-/m1/s1. The van der Waals surface area contributed by atoms with Crippen molar-refractivity contribution in [3.8, 4) is 11.3 Å². The number of aryl methyl sites for hydroxylation is 1. The quantitative estimate of drug-likeness (QED) is 0.616. The van der Waals surface area contributed by atoms with Gasteiger partial charge in [-0.3, -0.25) is 9.67 Å². The molecule has 0 aliphatic carbocycles. The summed E-state index contributed by atoms with van der Waals surface area (Å²) in [5.74, 6) is -0.361. The van der Waals surface area contributed by atoms with Gasteiger partial charge in [0.15, 0.2) is 0 Å². The van der Waals surface area contributed by atoms with Gasteiger partial charge in [0.1, 0.15) is 10.7 Å². The van der Waals surface area contributed by atoms with Crippen LogP contribution in [0.5, 0.6) is 0 Å². The van der Waals surface area contributed by atoms with Crippen molar-refractivity contribution >= 4 is 10.0 Å². The van der Waals surface area contributed by atoms with Gasteiger partial charge in [0.25, 0.3) is 0 Å². The number of sulfonamides is 1. The lowest BCUT2D eigenvalue weighted by Crippen LogP contribution is -2.39. The van der Waals surface area contributed by atoms with E-state index in [1.54, 1.807) is 35.9 Å². The monoisotopic (exact) mass is 428 g/mol. The van der Waals surface area contributed by atoms with E-state index in [9.17, 15) is 12.8 Å². The summed E-state index contributed by atoms with van der Waals surface area (Å²) in [4.78, 5) is 4.94. The smallest absolute Gasteiger partial charge is 0.246 e. The summed E-state index contributed by atoms with van der Waals surface area (Å²) >= 11 is 0. The van der Waals surface area contributed by atoms with E-state index in [1.165, 1.54) is 16.6 Å². The van der Waals surface area contributed by atoms with Gasteiger partial charge in [-0.25, -0.2) is 12.8 Å². The molecule has 30 heavy (non-hydrogen) atoms. The summed E-state index contributed by atoms with van der Waals surface area (Å²) in [6.45, 7) is 5.16. The molecule has 0 bridgehead atoms. The molecular formula is C22H25FN4O2S. The lowest BCUT2D eigenvalue weighted by atomic mass is 9.95. The number of piperidine rings is 1. The zero-order chi connectivity index (χ0) is 21.3. The first-order chi connectivity index (χ1) is 14.4. The molecular weight excluding hydrogens is 403 g/mol. The Kier molecular flexibility index (Phi) is 5.71. The summed E-state index contributed by atoms with van der Waals surface area (Å²) in [5, 5.41) is 4.19. The largest absolute Gasteiger partial charge is 0.269 e. The van der Waals surface area contributed by atoms with Gasteiger partial charge in [-0.15, -0.1) is 0 Å². The molecule has 1 aromatic carbocycles. The maximum absolute atomic E-state index is 14.2. The number of hydrogen-bond donors (Lipinski definition) is 0. The van der Waals surface area contributed by atoms with Crippen molar-refractivity contribution in [2.45, 2.75) is 44.0 Å². The van der Waals surface area contributed by atoms with Gasteiger partial charge in [0.2, 0.25) is 10.0 Å². The molecule has 0 radical (unpaired) electrons. The second-order valence-corrected chi connectivity index (χ2v) is 9.45. The van der Waals surface area contributed by atoms with Crippen LogP contribution in [0.1, 0.15) is 37.1 Å². The van der Waals surface area contributed by atoms with Crippen LogP contribution in [0.25, 0.3) is 11.3 Å². The number of halogens is 1. The fraction of sp³-hybridized carbons (Fsp3) is 0.364. The minimum absolute atomic E-state index is 0.0400. The molecule has 0 N–H and O–H groups in total. The Morgan fingerprint density at radius 1 is 1.17 bits per heavy atom. The third kappa shape index (κ3) is 3.77. The number of nitrogens with zero attached hydrogens (tertiary/aromatic N) is 4. The Hall–Kier alpha value is -2.58. The number of benzene rings is 1. The lowest BCUT2D eigenvalue weighted by molar-refractivity contribution is 0.312. The highest BCUT2D eigenvalue weighted by Gasteiger charge is 2.33. The van der Waals surface area contributed by atoms with Crippen LogP contribution in [0.3, 0.4) is 0 Å². The summed E-state index contributed by atoms with van der Waals surface area (Å²) in [5.41, 5.74) is 2.45. The first-order valence-electron chi connectivity index (χ1n) is 10.2. The molecule has 158 valence electrons. The van der Waals surface area contributed by atoms with Gasteiger partial charge >= 0.3 is 0 Å². The zero-order valence-corrected chi connectivity index (χ0v) is 17.9. The van der Waals surface area contributed by atoms with Crippen LogP contribution in [0.4, 0.5) is 4.39 Å². The van der Waals surface area contributed by atoms with E-state index in [0.29, 0.717) is 36.6 Å². The first-order valence-corrected chi connectivity index (χ1v) is 11.6. The molecule has 0 spiro atoms. The predicted molar refractivity (Wildman–Crippen MR) is 113 cm³/mol. The molecule has 1 aliphatic rings. The molecule has 1 aliphatic heterocycles. The van der Waals surface area contributed by atoms with Crippen molar-refractivity contribution in [2.24, 2.45) is 0 Å². The number of aromatic nitrogens is 3. The fourth-order valence-corrected chi connectivity index (χ4v) is 5.72. The van der Waals surface area contributed by atoms with Crippen LogP contribution >= 0.6 is 0 Å². The molecule has 6 nitrogen and oxygen atoms in total. The van der Waals surface area contributed by atoms with Crippen LogP contribution < -0.4 is 0 Å². The van der Waals surface area contributed by atoms with Crippen LogP contribution in [-0.2, 0) is 16.6 Å². The van der Waals surface area contributed by atoms with Gasteiger partial charge in [-0.05, 0) is 51.0 Å². The van der Waals surface area contributed by atoms with Crippen LogP contribution in [0, 0.1) is 12.7 Å². The van der Waals surface area contributed by atoms with Gasteiger partial charge in [-0.1, -0.05) is 18.2 Å². The van der Waals surface area contributed by atoms with Crippen molar-refractivity contribution in [3.05, 3.63) is 65.9 Å². The van der Waals surface area contributed by atoms with Gasteiger partial charge in [0, 0.05) is 36.8 Å². The van der Waals surface area contributed by atoms with Crippen molar-refractivity contribution in [1.29, 1.82) is 0 Å². The normalized spacial score (nSPS) is 17.9. The molecule has 0 amide bonds. The number of rotatable bonds is 5. The molecule has 1 saturated heterocycles. The van der Waals surface area contributed by atoms with E-state index in [1.807, 2.05) is 19.1 Å². The molecule has 1 fully saturated rings. The molecule has 2 aromatic heterocycles. The van der Waals surface area contributed by atoms with E-state index in [-0.39, 0.29) is 16.6 Å². The predicted octanol–water partition coefficient (Wildman–Crippen LogP) is 3.98. The lowest BCUT2D eigenvalue weighted by Gasteiger charge is -2.31. The second-order valence-electron chi connectivity index (χ2n) is 7.54. The van der Waals surface area contributed by atoms with Crippen molar-refractivity contribution in [1.82, 2.24) is 19.1 Å². The van der Waals surface area contributed by atoms with Gasteiger partial charge < -0.3 is 0 Å². The van der Waals surface area contributed by atoms with E-state index in [2.05, 4.69) is 10.1 Å². The Morgan fingerprint density at radius 3 is 2.70 bits per heavy atom. The van der Waals surface area contributed by atoms with Crippen molar-refractivity contribution in [3.63, 3.8) is 0 Å². The molecule has 3 heterocycles. The van der Waals surface area contributed by atoms with Gasteiger partial charge in [-0.2, -0.15) is 9.40 Å². The minimum atomic E-state index is -3.63. The molecule has 4 rings (SSSR count). The summed E-state index contributed by atoms with van der Waals surface area (Å²) < 4.78 is 43.9. The van der Waals surface area contributed by atoms with Crippen LogP contribution in [0.15, 0.2) is 53.6 Å². The van der Waals surface area contributed by atoms with E-state index < -0.39 is 10.0 Å². The highest BCUT2D eigenvalue weighted by Crippen LogP contribution is 2.31. The van der Waals surface area contributed by atoms with Gasteiger partial charge in [0.05, 0.1) is 17.6 Å².